The van der Waals surface area contributed by atoms with Crippen molar-refractivity contribution in [3.05, 3.63) is 87.9 Å². The lowest BCUT2D eigenvalue weighted by Gasteiger charge is -2.14. The van der Waals surface area contributed by atoms with Crippen molar-refractivity contribution in [3.8, 4) is 17.1 Å². The van der Waals surface area contributed by atoms with Crippen molar-refractivity contribution in [1.82, 2.24) is 14.8 Å². The van der Waals surface area contributed by atoms with Crippen molar-refractivity contribution in [1.29, 1.82) is 0 Å². The molecule has 1 N–H and O–H groups in total. The normalized spacial score (nSPS) is 10.9. The van der Waals surface area contributed by atoms with Gasteiger partial charge >= 0.3 is 0 Å². The minimum atomic E-state index is -0.0696. The maximum atomic E-state index is 12.9. The Morgan fingerprint density at radius 3 is 2.45 bits per heavy atom. The van der Waals surface area contributed by atoms with Crippen LogP contribution in [0, 0.1) is 13.8 Å². The molecular formula is C26H25BrN4OS. The van der Waals surface area contributed by atoms with Gasteiger partial charge in [-0.2, -0.15) is 0 Å². The lowest BCUT2D eigenvalue weighted by atomic mass is 10.1. The van der Waals surface area contributed by atoms with Crippen LogP contribution in [0.25, 0.3) is 17.1 Å². The SMILES string of the molecule is CCc1cc(Br)cc(C)c1NC(=O)CSc1nnc(-c2ccccc2)n1-c1ccc(C)cc1. The van der Waals surface area contributed by atoms with E-state index in [9.17, 15) is 4.79 Å². The van der Waals surface area contributed by atoms with E-state index in [1.165, 1.54) is 17.3 Å². The lowest BCUT2D eigenvalue weighted by Crippen LogP contribution is -2.16. The minimum Gasteiger partial charge on any atom is -0.325 e. The number of aryl methyl sites for hydroxylation is 3. The van der Waals surface area contributed by atoms with Gasteiger partial charge in [0.05, 0.1) is 5.75 Å². The highest BCUT2D eigenvalue weighted by Crippen LogP contribution is 2.29. The number of hydrogen-bond donors (Lipinski definition) is 1. The van der Waals surface area contributed by atoms with Gasteiger partial charge in [-0.3, -0.25) is 9.36 Å². The summed E-state index contributed by atoms with van der Waals surface area (Å²) in [6, 6.07) is 22.3. The molecule has 33 heavy (non-hydrogen) atoms. The largest absolute Gasteiger partial charge is 0.325 e. The Morgan fingerprint density at radius 1 is 1.03 bits per heavy atom. The Bertz CT molecular complexity index is 1270. The summed E-state index contributed by atoms with van der Waals surface area (Å²) in [5.41, 5.74) is 6.14. The molecule has 7 heteroatoms. The molecule has 1 amide bonds. The standard InChI is InChI=1S/C26H25BrN4OS/c1-4-19-15-21(27)14-18(3)24(19)28-23(32)16-33-26-30-29-25(20-8-6-5-7-9-20)31(26)22-12-10-17(2)11-13-22/h5-15H,4,16H2,1-3H3,(H,28,32). The molecule has 0 saturated carbocycles. The van der Waals surface area contributed by atoms with Gasteiger partial charge in [-0.25, -0.2) is 0 Å². The molecule has 1 aromatic heterocycles. The third kappa shape index (κ3) is 5.37. The van der Waals surface area contributed by atoms with Gasteiger partial charge < -0.3 is 5.32 Å². The van der Waals surface area contributed by atoms with Crippen LogP contribution >= 0.6 is 27.7 Å². The Kier molecular flexibility index (Phi) is 7.30. The summed E-state index contributed by atoms with van der Waals surface area (Å²) in [5, 5.41) is 12.6. The van der Waals surface area contributed by atoms with Gasteiger partial charge in [0.25, 0.3) is 0 Å². The van der Waals surface area contributed by atoms with E-state index in [2.05, 4.69) is 63.5 Å². The molecule has 0 unspecified atom stereocenters. The number of benzene rings is 3. The number of carbonyl (C=O) groups is 1. The molecule has 3 aromatic carbocycles. The van der Waals surface area contributed by atoms with Crippen LogP contribution < -0.4 is 5.32 Å². The summed E-state index contributed by atoms with van der Waals surface area (Å²) in [6.45, 7) is 6.15. The second kappa shape index (κ2) is 10.4. The number of thioether (sulfide) groups is 1. The summed E-state index contributed by atoms with van der Waals surface area (Å²) in [4.78, 5) is 12.9. The van der Waals surface area contributed by atoms with E-state index >= 15 is 0 Å². The van der Waals surface area contributed by atoms with E-state index in [1.54, 1.807) is 0 Å². The number of anilines is 1. The van der Waals surface area contributed by atoms with Gasteiger partial charge in [-0.05, 0) is 55.7 Å². The number of aromatic nitrogens is 3. The van der Waals surface area contributed by atoms with Gasteiger partial charge in [0.15, 0.2) is 11.0 Å². The summed E-state index contributed by atoms with van der Waals surface area (Å²) in [7, 11) is 0. The highest BCUT2D eigenvalue weighted by Gasteiger charge is 2.18. The van der Waals surface area contributed by atoms with E-state index in [-0.39, 0.29) is 11.7 Å². The van der Waals surface area contributed by atoms with Crippen molar-refractivity contribution in [2.24, 2.45) is 0 Å². The maximum absolute atomic E-state index is 12.9. The van der Waals surface area contributed by atoms with Crippen LogP contribution in [0.1, 0.15) is 23.6 Å². The van der Waals surface area contributed by atoms with Crippen LogP contribution in [0.15, 0.2) is 76.4 Å². The van der Waals surface area contributed by atoms with Crippen LogP contribution in [0.3, 0.4) is 0 Å². The molecule has 168 valence electrons. The zero-order valence-electron chi connectivity index (χ0n) is 18.8. The van der Waals surface area contributed by atoms with Crippen molar-refractivity contribution >= 4 is 39.3 Å². The fourth-order valence-corrected chi connectivity index (χ4v) is 5.01. The average molecular weight is 521 g/mol. The monoisotopic (exact) mass is 520 g/mol. The lowest BCUT2D eigenvalue weighted by molar-refractivity contribution is -0.113. The number of amides is 1. The molecule has 0 aliphatic heterocycles. The first-order valence-electron chi connectivity index (χ1n) is 10.8. The smallest absolute Gasteiger partial charge is 0.234 e. The van der Waals surface area contributed by atoms with Crippen LogP contribution in [-0.4, -0.2) is 26.4 Å². The molecule has 0 aliphatic carbocycles. The molecule has 0 bridgehead atoms. The second-order valence-corrected chi connectivity index (χ2v) is 9.65. The first-order valence-corrected chi connectivity index (χ1v) is 12.5. The second-order valence-electron chi connectivity index (χ2n) is 7.79. The van der Waals surface area contributed by atoms with Crippen LogP contribution in [0.4, 0.5) is 5.69 Å². The first-order chi connectivity index (χ1) is 16.0. The summed E-state index contributed by atoms with van der Waals surface area (Å²) in [5.74, 6) is 0.913. The van der Waals surface area contributed by atoms with E-state index in [4.69, 9.17) is 0 Å². The van der Waals surface area contributed by atoms with E-state index in [0.29, 0.717) is 5.16 Å². The topological polar surface area (TPSA) is 59.8 Å². The molecular weight excluding hydrogens is 496 g/mol. The quantitative estimate of drug-likeness (QED) is 0.278. The predicted molar refractivity (Wildman–Crippen MR) is 139 cm³/mol. The summed E-state index contributed by atoms with van der Waals surface area (Å²) >= 11 is 4.92. The number of nitrogens with one attached hydrogen (secondary N) is 1. The van der Waals surface area contributed by atoms with Gasteiger partial charge in [0.1, 0.15) is 0 Å². The van der Waals surface area contributed by atoms with Crippen LogP contribution in [0.5, 0.6) is 0 Å². The Morgan fingerprint density at radius 2 is 1.76 bits per heavy atom. The van der Waals surface area contributed by atoms with E-state index in [1.807, 2.05) is 60.0 Å². The van der Waals surface area contributed by atoms with Gasteiger partial charge in [0, 0.05) is 21.4 Å². The molecule has 0 fully saturated rings. The Hall–Kier alpha value is -2.90. The predicted octanol–water partition coefficient (Wildman–Crippen LogP) is 6.61. The van der Waals surface area contributed by atoms with Crippen LogP contribution in [0.2, 0.25) is 0 Å². The highest BCUT2D eigenvalue weighted by molar-refractivity contribution is 9.10. The zero-order valence-corrected chi connectivity index (χ0v) is 21.2. The molecule has 5 nitrogen and oxygen atoms in total. The highest BCUT2D eigenvalue weighted by atomic mass is 79.9. The van der Waals surface area contributed by atoms with Crippen LogP contribution in [-0.2, 0) is 11.2 Å². The molecule has 0 atom stereocenters. The molecule has 1 heterocycles. The van der Waals surface area contributed by atoms with Gasteiger partial charge in [-0.15, -0.1) is 10.2 Å². The molecule has 0 spiro atoms. The fraction of sp³-hybridized carbons (Fsp3) is 0.192. The fourth-order valence-electron chi connectivity index (χ4n) is 3.64. The van der Waals surface area contributed by atoms with E-state index < -0.39 is 0 Å². The van der Waals surface area contributed by atoms with Crippen molar-refractivity contribution < 1.29 is 4.79 Å². The number of hydrogen-bond acceptors (Lipinski definition) is 4. The molecule has 0 saturated heterocycles. The zero-order chi connectivity index (χ0) is 23.4. The first kappa shape index (κ1) is 23.3. The summed E-state index contributed by atoms with van der Waals surface area (Å²) < 4.78 is 3.03. The van der Waals surface area contributed by atoms with Crippen molar-refractivity contribution in [2.75, 3.05) is 11.1 Å². The number of nitrogens with zero attached hydrogens (tertiary/aromatic N) is 3. The molecule has 0 radical (unpaired) electrons. The molecule has 4 rings (SSSR count). The number of carbonyl (C=O) groups excluding carboxylic acids is 1. The minimum absolute atomic E-state index is 0.0696. The number of halogens is 1. The van der Waals surface area contributed by atoms with Gasteiger partial charge in [-0.1, -0.05) is 82.6 Å². The average Bonchev–Trinajstić information content (AvgIpc) is 3.24. The third-order valence-corrected chi connectivity index (χ3v) is 6.70. The molecule has 4 aromatic rings. The maximum Gasteiger partial charge on any atom is 0.234 e. The van der Waals surface area contributed by atoms with Crippen molar-refractivity contribution in [3.63, 3.8) is 0 Å². The number of rotatable bonds is 7. The Labute approximate surface area is 206 Å². The van der Waals surface area contributed by atoms with Gasteiger partial charge in [0.2, 0.25) is 5.91 Å². The Balaban J connectivity index is 1.59. The molecule has 0 aliphatic rings. The third-order valence-electron chi connectivity index (χ3n) is 5.32. The van der Waals surface area contributed by atoms with E-state index in [0.717, 1.165) is 44.8 Å². The van der Waals surface area contributed by atoms with Crippen molar-refractivity contribution in [2.45, 2.75) is 32.3 Å². The summed E-state index contributed by atoms with van der Waals surface area (Å²) in [6.07, 6.45) is 0.839.